The summed E-state index contributed by atoms with van der Waals surface area (Å²) in [4.78, 5) is 22.7. The van der Waals surface area contributed by atoms with Gasteiger partial charge in [-0.1, -0.05) is 6.92 Å². The van der Waals surface area contributed by atoms with Crippen LogP contribution in [0.5, 0.6) is 0 Å². The highest BCUT2D eigenvalue weighted by Crippen LogP contribution is 2.10. The summed E-state index contributed by atoms with van der Waals surface area (Å²) in [5.74, 6) is -1.14. The molecule has 0 bridgehead atoms. The van der Waals surface area contributed by atoms with Crippen LogP contribution in [0.1, 0.15) is 33.1 Å². The van der Waals surface area contributed by atoms with E-state index in [0.717, 1.165) is 25.9 Å². The monoisotopic (exact) mass is 228 g/mol. The summed E-state index contributed by atoms with van der Waals surface area (Å²) in [6.07, 6.45) is 2.86. The van der Waals surface area contributed by atoms with E-state index in [4.69, 9.17) is 4.74 Å². The number of rotatable bonds is 4. The third-order valence-electron chi connectivity index (χ3n) is 2.71. The van der Waals surface area contributed by atoms with Gasteiger partial charge in [-0.05, 0) is 26.2 Å². The fraction of sp³-hybridized carbons (Fsp3) is 0.818. The molecular weight excluding hydrogens is 208 g/mol. The number of carbonyl (C=O) groups is 2. The van der Waals surface area contributed by atoms with Gasteiger partial charge in [0.1, 0.15) is 0 Å². The summed E-state index contributed by atoms with van der Waals surface area (Å²) in [6.45, 7) is 4.99. The first-order valence-electron chi connectivity index (χ1n) is 5.83. The average molecular weight is 228 g/mol. The maximum atomic E-state index is 11.4. The van der Waals surface area contributed by atoms with Gasteiger partial charge in [-0.15, -0.1) is 0 Å². The lowest BCUT2D eigenvalue weighted by atomic mass is 10.2. The molecule has 1 rings (SSSR count). The zero-order valence-corrected chi connectivity index (χ0v) is 9.91. The van der Waals surface area contributed by atoms with Crippen molar-refractivity contribution in [2.24, 2.45) is 0 Å². The zero-order valence-electron chi connectivity index (χ0n) is 9.91. The summed E-state index contributed by atoms with van der Waals surface area (Å²) in [6, 6.07) is 0.0287. The molecular formula is C11H20N2O3. The van der Waals surface area contributed by atoms with Crippen molar-refractivity contribution in [3.8, 4) is 0 Å². The Bertz CT molecular complexity index is 250. The molecule has 16 heavy (non-hydrogen) atoms. The summed E-state index contributed by atoms with van der Waals surface area (Å²) in [5, 5.41) is 5.19. The highest BCUT2D eigenvalue weighted by Gasteiger charge is 2.19. The van der Waals surface area contributed by atoms with Gasteiger partial charge in [-0.2, -0.15) is 0 Å². The normalized spacial score (nSPS) is 21.5. The molecule has 1 aliphatic rings. The fourth-order valence-corrected chi connectivity index (χ4v) is 1.48. The van der Waals surface area contributed by atoms with E-state index in [-0.39, 0.29) is 12.1 Å². The Morgan fingerprint density at radius 1 is 1.44 bits per heavy atom. The molecule has 0 spiro atoms. The lowest BCUT2D eigenvalue weighted by molar-refractivity contribution is -0.139. The van der Waals surface area contributed by atoms with Crippen molar-refractivity contribution in [3.05, 3.63) is 0 Å². The topological polar surface area (TPSA) is 67.4 Å². The molecule has 0 aromatic carbocycles. The number of ether oxygens (including phenoxy) is 1. The molecule has 0 radical (unpaired) electrons. The largest absolute Gasteiger partial charge is 0.376 e. The smallest absolute Gasteiger partial charge is 0.309 e. The fourth-order valence-electron chi connectivity index (χ4n) is 1.48. The minimum Gasteiger partial charge on any atom is -0.376 e. The molecule has 1 heterocycles. The van der Waals surface area contributed by atoms with Crippen LogP contribution in [0.25, 0.3) is 0 Å². The third kappa shape index (κ3) is 4.18. The minimum absolute atomic E-state index is 0.0287. The van der Waals surface area contributed by atoms with Crippen molar-refractivity contribution in [2.75, 3.05) is 13.2 Å². The van der Waals surface area contributed by atoms with Crippen LogP contribution in [0.2, 0.25) is 0 Å². The third-order valence-corrected chi connectivity index (χ3v) is 2.71. The van der Waals surface area contributed by atoms with Crippen molar-refractivity contribution in [1.29, 1.82) is 0 Å². The number of amides is 2. The van der Waals surface area contributed by atoms with E-state index in [1.807, 2.05) is 13.8 Å². The van der Waals surface area contributed by atoms with Crippen LogP contribution in [0.3, 0.4) is 0 Å². The van der Waals surface area contributed by atoms with Gasteiger partial charge in [0.25, 0.3) is 0 Å². The molecule has 1 fully saturated rings. The van der Waals surface area contributed by atoms with Gasteiger partial charge in [0.15, 0.2) is 0 Å². The summed E-state index contributed by atoms with van der Waals surface area (Å²) in [5.41, 5.74) is 0. The summed E-state index contributed by atoms with van der Waals surface area (Å²) >= 11 is 0. The van der Waals surface area contributed by atoms with E-state index in [1.165, 1.54) is 0 Å². The van der Waals surface area contributed by atoms with Crippen LogP contribution in [0.4, 0.5) is 0 Å². The van der Waals surface area contributed by atoms with Gasteiger partial charge in [0, 0.05) is 19.2 Å². The van der Waals surface area contributed by atoms with Crippen molar-refractivity contribution in [3.63, 3.8) is 0 Å². The SMILES string of the molecule is CC[C@H](C)NC(=O)C(=O)NC[C@H]1CCCO1. The maximum Gasteiger partial charge on any atom is 0.309 e. The average Bonchev–Trinajstić information content (AvgIpc) is 2.78. The standard InChI is InChI=1S/C11H20N2O3/c1-3-8(2)13-11(15)10(14)12-7-9-5-4-6-16-9/h8-9H,3-7H2,1-2H3,(H,12,14)(H,13,15)/t8-,9+/m0/s1. The Balaban J connectivity index is 2.20. The van der Waals surface area contributed by atoms with Crippen LogP contribution in [0, 0.1) is 0 Å². The number of carbonyl (C=O) groups excluding carboxylic acids is 2. The van der Waals surface area contributed by atoms with Crippen LogP contribution in [-0.2, 0) is 14.3 Å². The van der Waals surface area contributed by atoms with Gasteiger partial charge in [0.2, 0.25) is 0 Å². The van der Waals surface area contributed by atoms with Gasteiger partial charge in [-0.25, -0.2) is 0 Å². The van der Waals surface area contributed by atoms with Gasteiger partial charge in [-0.3, -0.25) is 9.59 Å². The van der Waals surface area contributed by atoms with E-state index in [9.17, 15) is 9.59 Å². The van der Waals surface area contributed by atoms with Crippen LogP contribution < -0.4 is 10.6 Å². The van der Waals surface area contributed by atoms with E-state index >= 15 is 0 Å². The first-order valence-corrected chi connectivity index (χ1v) is 5.83. The van der Waals surface area contributed by atoms with Crippen molar-refractivity contribution >= 4 is 11.8 Å². The quantitative estimate of drug-likeness (QED) is 0.675. The summed E-state index contributed by atoms with van der Waals surface area (Å²) < 4.78 is 5.34. The van der Waals surface area contributed by atoms with Gasteiger partial charge < -0.3 is 15.4 Å². The van der Waals surface area contributed by atoms with E-state index in [2.05, 4.69) is 10.6 Å². The molecule has 0 aromatic heterocycles. The predicted molar refractivity (Wildman–Crippen MR) is 59.9 cm³/mol. The predicted octanol–water partition coefficient (Wildman–Crippen LogP) is 0.196. The molecule has 2 atom stereocenters. The second-order valence-electron chi connectivity index (χ2n) is 4.13. The van der Waals surface area contributed by atoms with Gasteiger partial charge >= 0.3 is 11.8 Å². The number of hydrogen-bond donors (Lipinski definition) is 2. The summed E-state index contributed by atoms with van der Waals surface area (Å²) in [7, 11) is 0. The first kappa shape index (κ1) is 13.0. The number of nitrogens with one attached hydrogen (secondary N) is 2. The van der Waals surface area contributed by atoms with Crippen LogP contribution in [-0.4, -0.2) is 37.1 Å². The Morgan fingerprint density at radius 3 is 2.75 bits per heavy atom. The van der Waals surface area contributed by atoms with Gasteiger partial charge in [0.05, 0.1) is 6.10 Å². The molecule has 1 saturated heterocycles. The zero-order chi connectivity index (χ0) is 12.0. The second kappa shape index (κ2) is 6.48. The van der Waals surface area contributed by atoms with E-state index < -0.39 is 11.8 Å². The van der Waals surface area contributed by atoms with Crippen LogP contribution >= 0.6 is 0 Å². The molecule has 0 saturated carbocycles. The van der Waals surface area contributed by atoms with E-state index in [0.29, 0.717) is 6.54 Å². The Hall–Kier alpha value is -1.10. The Morgan fingerprint density at radius 2 is 2.19 bits per heavy atom. The molecule has 2 N–H and O–H groups in total. The van der Waals surface area contributed by atoms with Crippen molar-refractivity contribution in [1.82, 2.24) is 10.6 Å². The molecule has 5 heteroatoms. The molecule has 92 valence electrons. The maximum absolute atomic E-state index is 11.4. The molecule has 2 amide bonds. The highest BCUT2D eigenvalue weighted by molar-refractivity contribution is 6.35. The lowest BCUT2D eigenvalue weighted by Crippen LogP contribution is -2.45. The molecule has 0 unspecified atom stereocenters. The molecule has 1 aliphatic heterocycles. The minimum atomic E-state index is -0.573. The van der Waals surface area contributed by atoms with Crippen molar-refractivity contribution < 1.29 is 14.3 Å². The second-order valence-corrected chi connectivity index (χ2v) is 4.13. The lowest BCUT2D eigenvalue weighted by Gasteiger charge is -2.13. The Kier molecular flexibility index (Phi) is 5.25. The Labute approximate surface area is 95.9 Å². The number of hydrogen-bond acceptors (Lipinski definition) is 3. The molecule has 5 nitrogen and oxygen atoms in total. The van der Waals surface area contributed by atoms with E-state index in [1.54, 1.807) is 0 Å². The first-order chi connectivity index (χ1) is 7.63. The molecule has 0 aromatic rings. The van der Waals surface area contributed by atoms with Crippen molar-refractivity contribution in [2.45, 2.75) is 45.3 Å². The van der Waals surface area contributed by atoms with Crippen LogP contribution in [0.15, 0.2) is 0 Å². The molecule has 0 aliphatic carbocycles. The highest BCUT2D eigenvalue weighted by atomic mass is 16.5.